The summed E-state index contributed by atoms with van der Waals surface area (Å²) < 4.78 is 1.28. The van der Waals surface area contributed by atoms with Crippen LogP contribution in [0.5, 0.6) is 0 Å². The van der Waals surface area contributed by atoms with Crippen molar-refractivity contribution in [2.75, 3.05) is 13.1 Å². The van der Waals surface area contributed by atoms with E-state index < -0.39 is 0 Å². The molecule has 0 bridgehead atoms. The molecule has 0 radical (unpaired) electrons. The number of benzene rings is 1. The summed E-state index contributed by atoms with van der Waals surface area (Å²) >= 11 is 5.55. The van der Waals surface area contributed by atoms with Crippen LogP contribution >= 0.6 is 27.3 Å². The van der Waals surface area contributed by atoms with Crippen molar-refractivity contribution in [1.29, 1.82) is 0 Å². The first-order valence-electron chi connectivity index (χ1n) is 5.87. The first-order valence-corrected chi connectivity index (χ1v) is 7.55. The first kappa shape index (κ1) is 11.5. The highest BCUT2D eigenvalue weighted by molar-refractivity contribution is 9.10. The number of rotatable bonds is 1. The molecule has 2 heterocycles. The van der Waals surface area contributed by atoms with Crippen LogP contribution in [0.1, 0.15) is 21.9 Å². The molecule has 2 aromatic rings. The minimum atomic E-state index is 0.505. The van der Waals surface area contributed by atoms with E-state index >= 15 is 0 Å². The maximum Gasteiger partial charge on any atom is 0.0317 e. The van der Waals surface area contributed by atoms with Gasteiger partial charge in [0.25, 0.3) is 0 Å². The molecule has 1 aliphatic heterocycles. The number of halogens is 1. The summed E-state index contributed by atoms with van der Waals surface area (Å²) in [5, 5.41) is 5.77. The van der Waals surface area contributed by atoms with Gasteiger partial charge in [-0.3, -0.25) is 0 Å². The largest absolute Gasteiger partial charge is 0.315 e. The van der Waals surface area contributed by atoms with Crippen molar-refractivity contribution in [1.82, 2.24) is 5.32 Å². The Kier molecular flexibility index (Phi) is 3.32. The summed E-state index contributed by atoms with van der Waals surface area (Å²) in [5.41, 5.74) is 2.91. The second kappa shape index (κ2) is 4.92. The van der Waals surface area contributed by atoms with Crippen molar-refractivity contribution in [3.8, 4) is 0 Å². The summed E-state index contributed by atoms with van der Waals surface area (Å²) in [6.07, 6.45) is 1.13. The van der Waals surface area contributed by atoms with Gasteiger partial charge in [0.2, 0.25) is 0 Å². The fourth-order valence-electron chi connectivity index (χ4n) is 2.42. The third-order valence-electron chi connectivity index (χ3n) is 3.29. The van der Waals surface area contributed by atoms with Crippen molar-refractivity contribution in [3.05, 3.63) is 56.2 Å². The molecule has 1 unspecified atom stereocenters. The van der Waals surface area contributed by atoms with Gasteiger partial charge in [-0.05, 0) is 40.0 Å². The number of hydrogen-bond acceptors (Lipinski definition) is 2. The smallest absolute Gasteiger partial charge is 0.0317 e. The normalized spacial score (nSPS) is 19.7. The van der Waals surface area contributed by atoms with Gasteiger partial charge in [-0.25, -0.2) is 0 Å². The van der Waals surface area contributed by atoms with Crippen molar-refractivity contribution < 1.29 is 0 Å². The summed E-state index contributed by atoms with van der Waals surface area (Å²) in [6, 6.07) is 10.8. The fraction of sp³-hybridized carbons (Fsp3) is 0.286. The van der Waals surface area contributed by atoms with E-state index in [4.69, 9.17) is 0 Å². The standard InChI is InChI=1S/C14H14BrNS/c15-13-9-17-14-11(13)6-7-16-8-12(14)10-4-2-1-3-5-10/h1-5,9,12,16H,6-8H2. The Balaban J connectivity index is 2.06. The molecule has 3 rings (SSSR count). The van der Waals surface area contributed by atoms with Crippen molar-refractivity contribution in [2.24, 2.45) is 0 Å². The van der Waals surface area contributed by atoms with Crippen LogP contribution in [0.3, 0.4) is 0 Å². The van der Waals surface area contributed by atoms with Gasteiger partial charge in [-0.2, -0.15) is 0 Å². The Hall–Kier alpha value is -0.640. The third kappa shape index (κ3) is 2.19. The van der Waals surface area contributed by atoms with E-state index in [1.54, 1.807) is 0 Å². The Morgan fingerprint density at radius 2 is 2.06 bits per heavy atom. The molecule has 17 heavy (non-hydrogen) atoms. The van der Waals surface area contributed by atoms with Crippen molar-refractivity contribution in [3.63, 3.8) is 0 Å². The Labute approximate surface area is 114 Å². The molecule has 0 aliphatic carbocycles. The maximum atomic E-state index is 3.67. The van der Waals surface area contributed by atoms with Gasteiger partial charge in [0.15, 0.2) is 0 Å². The molecule has 0 saturated heterocycles. The summed E-state index contributed by atoms with van der Waals surface area (Å²) in [7, 11) is 0. The zero-order valence-electron chi connectivity index (χ0n) is 9.45. The van der Waals surface area contributed by atoms with E-state index in [1.807, 2.05) is 11.3 Å². The first-order chi connectivity index (χ1) is 8.36. The molecule has 0 spiro atoms. The Bertz CT molecular complexity index is 506. The molecule has 1 atom stereocenters. The Morgan fingerprint density at radius 3 is 2.88 bits per heavy atom. The lowest BCUT2D eigenvalue weighted by Gasteiger charge is -2.15. The molecule has 1 N–H and O–H groups in total. The predicted octanol–water partition coefficient (Wildman–Crippen LogP) is 3.79. The topological polar surface area (TPSA) is 12.0 Å². The van der Waals surface area contributed by atoms with Gasteiger partial charge in [0, 0.05) is 27.2 Å². The average Bonchev–Trinajstić information content (AvgIpc) is 2.62. The van der Waals surface area contributed by atoms with Crippen LogP contribution in [0.25, 0.3) is 0 Å². The second-order valence-electron chi connectivity index (χ2n) is 4.34. The minimum absolute atomic E-state index is 0.505. The zero-order chi connectivity index (χ0) is 11.7. The number of nitrogens with one attached hydrogen (secondary N) is 1. The average molecular weight is 308 g/mol. The lowest BCUT2D eigenvalue weighted by Crippen LogP contribution is -2.20. The molecule has 1 aliphatic rings. The van der Waals surface area contributed by atoms with Crippen LogP contribution in [0.4, 0.5) is 0 Å². The summed E-state index contributed by atoms with van der Waals surface area (Å²) in [5.74, 6) is 0.505. The van der Waals surface area contributed by atoms with E-state index in [0.29, 0.717) is 5.92 Å². The second-order valence-corrected chi connectivity index (χ2v) is 6.11. The Morgan fingerprint density at radius 1 is 1.24 bits per heavy atom. The monoisotopic (exact) mass is 307 g/mol. The molecular formula is C14H14BrNS. The lowest BCUT2D eigenvalue weighted by atomic mass is 9.95. The van der Waals surface area contributed by atoms with Gasteiger partial charge in [0.05, 0.1) is 0 Å². The molecule has 0 fully saturated rings. The molecular weight excluding hydrogens is 294 g/mol. The van der Waals surface area contributed by atoms with Gasteiger partial charge >= 0.3 is 0 Å². The van der Waals surface area contributed by atoms with Crippen molar-refractivity contribution >= 4 is 27.3 Å². The van der Waals surface area contributed by atoms with Crippen molar-refractivity contribution in [2.45, 2.75) is 12.3 Å². The van der Waals surface area contributed by atoms with Gasteiger partial charge < -0.3 is 5.32 Å². The summed E-state index contributed by atoms with van der Waals surface area (Å²) in [4.78, 5) is 1.52. The van der Waals surface area contributed by atoms with E-state index in [0.717, 1.165) is 19.5 Å². The number of hydrogen-bond donors (Lipinski definition) is 1. The quantitative estimate of drug-likeness (QED) is 0.845. The fourth-order valence-corrected chi connectivity index (χ4v) is 4.35. The van der Waals surface area contributed by atoms with E-state index in [1.165, 1.54) is 20.5 Å². The molecule has 88 valence electrons. The molecule has 0 amide bonds. The highest BCUT2D eigenvalue weighted by Gasteiger charge is 2.23. The van der Waals surface area contributed by atoms with Crippen LogP contribution < -0.4 is 5.32 Å². The number of thiophene rings is 1. The SMILES string of the molecule is Brc1csc2c1CCNCC2c1ccccc1. The van der Waals surface area contributed by atoms with Crippen LogP contribution in [0.2, 0.25) is 0 Å². The zero-order valence-corrected chi connectivity index (χ0v) is 11.9. The van der Waals surface area contributed by atoms with Crippen LogP contribution in [-0.4, -0.2) is 13.1 Å². The van der Waals surface area contributed by atoms with E-state index in [-0.39, 0.29) is 0 Å². The van der Waals surface area contributed by atoms with E-state index in [9.17, 15) is 0 Å². The van der Waals surface area contributed by atoms with E-state index in [2.05, 4.69) is 57.0 Å². The van der Waals surface area contributed by atoms with Gasteiger partial charge in [-0.15, -0.1) is 11.3 Å². The van der Waals surface area contributed by atoms with Crippen LogP contribution in [0, 0.1) is 0 Å². The summed E-state index contributed by atoms with van der Waals surface area (Å²) in [6.45, 7) is 2.12. The highest BCUT2D eigenvalue weighted by atomic mass is 79.9. The maximum absolute atomic E-state index is 3.67. The van der Waals surface area contributed by atoms with Crippen LogP contribution in [0.15, 0.2) is 40.2 Å². The lowest BCUT2D eigenvalue weighted by molar-refractivity contribution is 0.668. The molecule has 3 heteroatoms. The third-order valence-corrected chi connectivity index (χ3v) is 5.44. The molecule has 1 nitrogen and oxygen atoms in total. The van der Waals surface area contributed by atoms with Gasteiger partial charge in [0.1, 0.15) is 0 Å². The predicted molar refractivity (Wildman–Crippen MR) is 76.9 cm³/mol. The number of fused-ring (bicyclic) bond motifs is 1. The van der Waals surface area contributed by atoms with Gasteiger partial charge in [-0.1, -0.05) is 30.3 Å². The minimum Gasteiger partial charge on any atom is -0.315 e. The van der Waals surface area contributed by atoms with Crippen LogP contribution in [-0.2, 0) is 6.42 Å². The molecule has 1 aromatic carbocycles. The highest BCUT2D eigenvalue weighted by Crippen LogP contribution is 2.37. The molecule has 1 aromatic heterocycles. The molecule has 0 saturated carbocycles.